The van der Waals surface area contributed by atoms with Crippen molar-refractivity contribution in [1.29, 1.82) is 0 Å². The van der Waals surface area contributed by atoms with E-state index in [0.29, 0.717) is 23.8 Å². The predicted molar refractivity (Wildman–Crippen MR) is 64.1 cm³/mol. The summed E-state index contributed by atoms with van der Waals surface area (Å²) in [6.07, 6.45) is 3.21. The van der Waals surface area contributed by atoms with Gasteiger partial charge in [0, 0.05) is 19.0 Å². The summed E-state index contributed by atoms with van der Waals surface area (Å²) in [5, 5.41) is 0. The number of nitrogens with two attached hydrogens (primary N) is 1. The number of furan rings is 1. The number of hydrogen-bond donors (Lipinski definition) is 1. The monoisotopic (exact) mass is 238 g/mol. The molecule has 2 N–H and O–H groups in total. The minimum atomic E-state index is -0.0496. The normalized spacial score (nSPS) is 17.4. The van der Waals surface area contributed by atoms with Crippen LogP contribution in [0.4, 0.5) is 0 Å². The zero-order chi connectivity index (χ0) is 11.5. The van der Waals surface area contributed by atoms with E-state index in [0.717, 1.165) is 12.8 Å². The van der Waals surface area contributed by atoms with E-state index in [9.17, 15) is 4.79 Å². The molecule has 0 spiro atoms. The van der Waals surface area contributed by atoms with Gasteiger partial charge in [-0.3, -0.25) is 4.79 Å². The molecule has 0 bridgehead atoms. The summed E-state index contributed by atoms with van der Waals surface area (Å²) in [4.78, 5) is 14.3. The first-order valence-corrected chi connectivity index (χ1v) is 5.71. The fraction of sp³-hybridized carbons (Fsp3) is 0.455. The molecule has 0 aliphatic carbocycles. The molecule has 4 nitrogen and oxygen atoms in total. The average molecular weight is 238 g/mol. The van der Waals surface area contributed by atoms with Crippen LogP contribution in [0.15, 0.2) is 22.8 Å². The Balaban J connectivity index is 1.94. The van der Waals surface area contributed by atoms with Crippen molar-refractivity contribution in [3.63, 3.8) is 0 Å². The molecule has 0 atom stereocenters. The fourth-order valence-corrected chi connectivity index (χ4v) is 2.16. The summed E-state index contributed by atoms with van der Waals surface area (Å²) in [7, 11) is 0. The SMILES string of the molecule is NC(=S)C1CCN(C(=O)c2ccco2)CC1. The molecule has 1 aromatic rings. The number of carbonyl (C=O) groups excluding carboxylic acids is 1. The zero-order valence-electron chi connectivity index (χ0n) is 8.89. The van der Waals surface area contributed by atoms with Crippen molar-refractivity contribution in [2.24, 2.45) is 11.7 Å². The third kappa shape index (κ3) is 2.24. The van der Waals surface area contributed by atoms with Crippen molar-refractivity contribution in [3.05, 3.63) is 24.2 Å². The van der Waals surface area contributed by atoms with Gasteiger partial charge in [-0.25, -0.2) is 0 Å². The first kappa shape index (κ1) is 11.1. The third-order valence-corrected chi connectivity index (χ3v) is 3.25. The quantitative estimate of drug-likeness (QED) is 0.792. The lowest BCUT2D eigenvalue weighted by Crippen LogP contribution is -2.41. The van der Waals surface area contributed by atoms with Gasteiger partial charge in [-0.1, -0.05) is 12.2 Å². The van der Waals surface area contributed by atoms with Gasteiger partial charge in [-0.2, -0.15) is 0 Å². The largest absolute Gasteiger partial charge is 0.459 e. The van der Waals surface area contributed by atoms with E-state index in [-0.39, 0.29) is 11.8 Å². The molecule has 1 amide bonds. The standard InChI is InChI=1S/C11H14N2O2S/c12-10(16)8-3-5-13(6-4-8)11(14)9-2-1-7-15-9/h1-2,7-8H,3-6H2,(H2,12,16). The highest BCUT2D eigenvalue weighted by Gasteiger charge is 2.25. The topological polar surface area (TPSA) is 59.5 Å². The Kier molecular flexibility index (Phi) is 3.24. The molecule has 0 aromatic carbocycles. The van der Waals surface area contributed by atoms with Crippen molar-refractivity contribution in [1.82, 2.24) is 4.90 Å². The minimum absolute atomic E-state index is 0.0496. The molecule has 86 valence electrons. The Morgan fingerprint density at radius 3 is 2.69 bits per heavy atom. The Bertz CT molecular complexity index is 381. The van der Waals surface area contributed by atoms with Gasteiger partial charge in [0.2, 0.25) is 0 Å². The van der Waals surface area contributed by atoms with E-state index in [1.54, 1.807) is 17.0 Å². The molecule has 2 rings (SSSR count). The van der Waals surface area contributed by atoms with Crippen LogP contribution in [-0.4, -0.2) is 28.9 Å². The molecule has 0 saturated carbocycles. The fourth-order valence-electron chi connectivity index (χ4n) is 1.92. The third-order valence-electron chi connectivity index (χ3n) is 2.92. The summed E-state index contributed by atoms with van der Waals surface area (Å²) in [6.45, 7) is 1.39. The van der Waals surface area contributed by atoms with Crippen molar-refractivity contribution in [2.45, 2.75) is 12.8 Å². The lowest BCUT2D eigenvalue weighted by atomic mass is 9.97. The highest BCUT2D eigenvalue weighted by Crippen LogP contribution is 2.19. The van der Waals surface area contributed by atoms with Crippen LogP contribution in [0.1, 0.15) is 23.4 Å². The van der Waals surface area contributed by atoms with Gasteiger partial charge in [0.05, 0.1) is 11.3 Å². The second-order valence-corrected chi connectivity index (χ2v) is 4.42. The predicted octanol–water partition coefficient (Wildman–Crippen LogP) is 1.42. The van der Waals surface area contributed by atoms with Gasteiger partial charge in [0.1, 0.15) is 0 Å². The molecule has 1 saturated heterocycles. The van der Waals surface area contributed by atoms with Crippen LogP contribution in [-0.2, 0) is 0 Å². The number of thiocarbonyl (C=S) groups is 1. The van der Waals surface area contributed by atoms with Crippen LogP contribution in [0.3, 0.4) is 0 Å². The van der Waals surface area contributed by atoms with Crippen LogP contribution in [0.5, 0.6) is 0 Å². The van der Waals surface area contributed by atoms with Crippen molar-refractivity contribution in [3.8, 4) is 0 Å². The average Bonchev–Trinajstić information content (AvgIpc) is 2.81. The molecule has 1 aromatic heterocycles. The highest BCUT2D eigenvalue weighted by atomic mass is 32.1. The molecule has 1 fully saturated rings. The Labute approximate surface area is 99.4 Å². The van der Waals surface area contributed by atoms with Crippen LogP contribution >= 0.6 is 12.2 Å². The van der Waals surface area contributed by atoms with Crippen molar-refractivity contribution >= 4 is 23.1 Å². The van der Waals surface area contributed by atoms with Gasteiger partial charge >= 0.3 is 0 Å². The number of likely N-dealkylation sites (tertiary alicyclic amines) is 1. The van der Waals surface area contributed by atoms with E-state index in [2.05, 4.69) is 0 Å². The van der Waals surface area contributed by atoms with Crippen LogP contribution in [0.25, 0.3) is 0 Å². The van der Waals surface area contributed by atoms with Crippen molar-refractivity contribution in [2.75, 3.05) is 13.1 Å². The molecule has 5 heteroatoms. The Hall–Kier alpha value is -1.36. The van der Waals surface area contributed by atoms with E-state index < -0.39 is 0 Å². The number of hydrogen-bond acceptors (Lipinski definition) is 3. The molecular weight excluding hydrogens is 224 g/mol. The van der Waals surface area contributed by atoms with E-state index >= 15 is 0 Å². The van der Waals surface area contributed by atoms with Gasteiger partial charge < -0.3 is 15.1 Å². The second-order valence-electron chi connectivity index (χ2n) is 3.95. The number of carbonyl (C=O) groups is 1. The maximum absolute atomic E-state index is 11.9. The van der Waals surface area contributed by atoms with Gasteiger partial charge in [-0.05, 0) is 25.0 Å². The molecule has 1 aliphatic heterocycles. The summed E-state index contributed by atoms with van der Waals surface area (Å²) in [5.74, 6) is 0.621. The Morgan fingerprint density at radius 1 is 1.50 bits per heavy atom. The summed E-state index contributed by atoms with van der Waals surface area (Å²) in [5.41, 5.74) is 5.59. The lowest BCUT2D eigenvalue weighted by molar-refractivity contribution is 0.0678. The van der Waals surface area contributed by atoms with Crippen LogP contribution in [0, 0.1) is 5.92 Å². The molecular formula is C11H14N2O2S. The molecule has 2 heterocycles. The lowest BCUT2D eigenvalue weighted by Gasteiger charge is -2.30. The number of amides is 1. The number of piperidine rings is 1. The molecule has 0 unspecified atom stereocenters. The van der Waals surface area contributed by atoms with E-state index in [4.69, 9.17) is 22.4 Å². The highest BCUT2D eigenvalue weighted by molar-refractivity contribution is 7.80. The first-order chi connectivity index (χ1) is 7.68. The zero-order valence-corrected chi connectivity index (χ0v) is 9.70. The van der Waals surface area contributed by atoms with E-state index in [1.165, 1.54) is 6.26 Å². The van der Waals surface area contributed by atoms with Crippen molar-refractivity contribution < 1.29 is 9.21 Å². The molecule has 16 heavy (non-hydrogen) atoms. The van der Waals surface area contributed by atoms with Gasteiger partial charge in [0.15, 0.2) is 5.76 Å². The summed E-state index contributed by atoms with van der Waals surface area (Å²) >= 11 is 4.96. The maximum atomic E-state index is 11.9. The minimum Gasteiger partial charge on any atom is -0.459 e. The number of nitrogens with zero attached hydrogens (tertiary/aromatic N) is 1. The maximum Gasteiger partial charge on any atom is 0.289 e. The van der Waals surface area contributed by atoms with Crippen LogP contribution < -0.4 is 5.73 Å². The summed E-state index contributed by atoms with van der Waals surface area (Å²) in [6, 6.07) is 3.40. The molecule has 1 aliphatic rings. The van der Waals surface area contributed by atoms with Crippen LogP contribution in [0.2, 0.25) is 0 Å². The molecule has 0 radical (unpaired) electrons. The smallest absolute Gasteiger partial charge is 0.289 e. The number of rotatable bonds is 2. The van der Waals surface area contributed by atoms with Gasteiger partial charge in [-0.15, -0.1) is 0 Å². The van der Waals surface area contributed by atoms with E-state index in [1.807, 2.05) is 0 Å². The second kappa shape index (κ2) is 4.65. The first-order valence-electron chi connectivity index (χ1n) is 5.30. The van der Waals surface area contributed by atoms with Gasteiger partial charge in [0.25, 0.3) is 5.91 Å². The Morgan fingerprint density at radius 2 is 2.19 bits per heavy atom. The summed E-state index contributed by atoms with van der Waals surface area (Å²) < 4.78 is 5.08.